The first-order valence-electron chi connectivity index (χ1n) is 4.99. The number of hydrogen-bond donors (Lipinski definition) is 2. The Kier molecular flexibility index (Phi) is 3.43. The quantitative estimate of drug-likeness (QED) is 0.614. The number of morpholine rings is 1. The van der Waals surface area contributed by atoms with E-state index >= 15 is 0 Å². The van der Waals surface area contributed by atoms with Crippen molar-refractivity contribution in [1.29, 1.82) is 0 Å². The third-order valence-electron chi connectivity index (χ3n) is 2.46. The van der Waals surface area contributed by atoms with Crippen LogP contribution in [0.3, 0.4) is 0 Å². The van der Waals surface area contributed by atoms with Crippen molar-refractivity contribution in [3.05, 3.63) is 18.1 Å². The van der Waals surface area contributed by atoms with E-state index < -0.39 is 7.12 Å². The van der Waals surface area contributed by atoms with Crippen LogP contribution in [-0.2, 0) is 11.3 Å². The Hall–Kier alpha value is -0.815. The largest absolute Gasteiger partial charge is 0.491 e. The fraction of sp³-hybridized carbons (Fsp3) is 0.556. The van der Waals surface area contributed by atoms with Crippen molar-refractivity contribution in [1.82, 2.24) is 4.90 Å². The molecule has 0 amide bonds. The second-order valence-corrected chi connectivity index (χ2v) is 3.61. The van der Waals surface area contributed by atoms with Gasteiger partial charge in [0.05, 0.1) is 26.0 Å². The third kappa shape index (κ3) is 2.82. The van der Waals surface area contributed by atoms with Crippen molar-refractivity contribution < 1.29 is 19.2 Å². The second kappa shape index (κ2) is 4.80. The van der Waals surface area contributed by atoms with Crippen LogP contribution in [0.25, 0.3) is 0 Å². The predicted octanol–water partition coefficient (Wildman–Crippen LogP) is -1.21. The first-order valence-corrected chi connectivity index (χ1v) is 4.99. The zero-order valence-corrected chi connectivity index (χ0v) is 8.43. The van der Waals surface area contributed by atoms with E-state index in [4.69, 9.17) is 19.2 Å². The maximum absolute atomic E-state index is 8.90. The molecule has 1 aromatic heterocycles. The highest BCUT2D eigenvalue weighted by Gasteiger charge is 2.17. The number of hydrogen-bond acceptors (Lipinski definition) is 5. The number of rotatable bonds is 3. The van der Waals surface area contributed by atoms with Crippen molar-refractivity contribution >= 4 is 12.6 Å². The number of nitrogens with zero attached hydrogens (tertiary/aromatic N) is 1. The Bertz CT molecular complexity index is 309. The molecule has 0 aromatic carbocycles. The molecule has 2 N–H and O–H groups in total. The van der Waals surface area contributed by atoms with Gasteiger partial charge in [0.1, 0.15) is 5.76 Å². The van der Waals surface area contributed by atoms with Crippen LogP contribution in [0.1, 0.15) is 5.76 Å². The van der Waals surface area contributed by atoms with Crippen molar-refractivity contribution in [3.8, 4) is 0 Å². The normalized spacial score (nSPS) is 18.0. The second-order valence-electron chi connectivity index (χ2n) is 3.61. The molecular weight excluding hydrogens is 197 g/mol. The lowest BCUT2D eigenvalue weighted by molar-refractivity contribution is 0.0313. The third-order valence-corrected chi connectivity index (χ3v) is 2.46. The smallest absolute Gasteiger partial charge is 0.468 e. The van der Waals surface area contributed by atoms with E-state index in [1.807, 2.05) is 0 Å². The number of ether oxygens (including phenoxy) is 1. The molecule has 0 spiro atoms. The van der Waals surface area contributed by atoms with E-state index in [1.54, 1.807) is 6.07 Å². The lowest BCUT2D eigenvalue weighted by Gasteiger charge is -2.25. The van der Waals surface area contributed by atoms with Gasteiger partial charge in [-0.15, -0.1) is 0 Å². The van der Waals surface area contributed by atoms with Crippen LogP contribution in [0.15, 0.2) is 16.7 Å². The van der Waals surface area contributed by atoms with Gasteiger partial charge in [-0.25, -0.2) is 0 Å². The Labute approximate surface area is 88.4 Å². The molecule has 1 aliphatic rings. The molecule has 0 radical (unpaired) electrons. The van der Waals surface area contributed by atoms with Gasteiger partial charge in [0, 0.05) is 18.6 Å². The molecule has 0 bridgehead atoms. The molecule has 82 valence electrons. The molecule has 1 aliphatic heterocycles. The lowest BCUT2D eigenvalue weighted by Crippen LogP contribution is -2.35. The van der Waals surface area contributed by atoms with Crippen LogP contribution < -0.4 is 5.46 Å². The topological polar surface area (TPSA) is 66.1 Å². The average molecular weight is 211 g/mol. The molecule has 1 fully saturated rings. The molecule has 2 rings (SSSR count). The minimum absolute atomic E-state index is 0.401. The van der Waals surface area contributed by atoms with Crippen LogP contribution in [0.2, 0.25) is 0 Å². The fourth-order valence-electron chi connectivity index (χ4n) is 1.60. The van der Waals surface area contributed by atoms with Crippen LogP contribution in [-0.4, -0.2) is 48.4 Å². The minimum Gasteiger partial charge on any atom is -0.468 e. The predicted molar refractivity (Wildman–Crippen MR) is 54.6 cm³/mol. The molecule has 2 heterocycles. The summed E-state index contributed by atoms with van der Waals surface area (Å²) in [6.45, 7) is 3.96. The standard InChI is InChI=1S/C9H14BNO4/c12-10(13)8-5-9(15-7-8)6-11-1-3-14-4-2-11/h5,7,12-13H,1-4,6H2. The van der Waals surface area contributed by atoms with Crippen molar-refractivity contribution in [2.75, 3.05) is 26.3 Å². The monoisotopic (exact) mass is 211 g/mol. The molecule has 1 aromatic rings. The van der Waals surface area contributed by atoms with Gasteiger partial charge >= 0.3 is 7.12 Å². The van der Waals surface area contributed by atoms with Crippen LogP contribution in [0.4, 0.5) is 0 Å². The SMILES string of the molecule is OB(O)c1coc(CN2CCOCC2)c1. The Morgan fingerprint density at radius 3 is 2.67 bits per heavy atom. The van der Waals surface area contributed by atoms with Crippen molar-refractivity contribution in [2.24, 2.45) is 0 Å². The van der Waals surface area contributed by atoms with E-state index in [1.165, 1.54) is 6.26 Å². The van der Waals surface area contributed by atoms with E-state index in [0.29, 0.717) is 12.0 Å². The van der Waals surface area contributed by atoms with E-state index in [-0.39, 0.29) is 0 Å². The first kappa shape index (κ1) is 10.7. The van der Waals surface area contributed by atoms with Crippen LogP contribution >= 0.6 is 0 Å². The van der Waals surface area contributed by atoms with Gasteiger partial charge in [0.2, 0.25) is 0 Å². The summed E-state index contributed by atoms with van der Waals surface area (Å²) in [5.74, 6) is 0.750. The highest BCUT2D eigenvalue weighted by molar-refractivity contribution is 6.58. The zero-order chi connectivity index (χ0) is 10.7. The summed E-state index contributed by atoms with van der Waals surface area (Å²) in [5, 5.41) is 17.8. The molecule has 5 nitrogen and oxygen atoms in total. The molecule has 0 unspecified atom stereocenters. The van der Waals surface area contributed by atoms with Crippen LogP contribution in [0.5, 0.6) is 0 Å². The summed E-state index contributed by atoms with van der Waals surface area (Å²) in [4.78, 5) is 2.20. The molecule has 1 saturated heterocycles. The summed E-state index contributed by atoms with van der Waals surface area (Å²) in [7, 11) is -1.45. The molecule has 6 heteroatoms. The maximum atomic E-state index is 8.90. The Morgan fingerprint density at radius 2 is 2.07 bits per heavy atom. The summed E-state index contributed by atoms with van der Waals surface area (Å²) >= 11 is 0. The zero-order valence-electron chi connectivity index (χ0n) is 8.43. The molecule has 15 heavy (non-hydrogen) atoms. The number of furan rings is 1. The van der Waals surface area contributed by atoms with Gasteiger partial charge in [0.15, 0.2) is 0 Å². The van der Waals surface area contributed by atoms with E-state index in [0.717, 1.165) is 32.1 Å². The van der Waals surface area contributed by atoms with Crippen molar-refractivity contribution in [2.45, 2.75) is 6.54 Å². The maximum Gasteiger partial charge on any atom is 0.491 e. The first-order chi connectivity index (χ1) is 7.25. The highest BCUT2D eigenvalue weighted by Crippen LogP contribution is 2.06. The molecule has 0 saturated carbocycles. The lowest BCUT2D eigenvalue weighted by atomic mass is 9.82. The summed E-state index contributed by atoms with van der Waals surface area (Å²) < 4.78 is 10.5. The molecule has 0 aliphatic carbocycles. The molecular formula is C9H14BNO4. The van der Waals surface area contributed by atoms with Gasteiger partial charge in [-0.3, -0.25) is 4.90 Å². The van der Waals surface area contributed by atoms with Gasteiger partial charge in [-0.2, -0.15) is 0 Å². The van der Waals surface area contributed by atoms with E-state index in [9.17, 15) is 0 Å². The summed E-state index contributed by atoms with van der Waals surface area (Å²) in [6.07, 6.45) is 1.38. The Morgan fingerprint density at radius 1 is 1.33 bits per heavy atom. The van der Waals surface area contributed by atoms with Gasteiger partial charge in [0.25, 0.3) is 0 Å². The molecule has 0 atom stereocenters. The van der Waals surface area contributed by atoms with Gasteiger partial charge < -0.3 is 19.2 Å². The van der Waals surface area contributed by atoms with E-state index in [2.05, 4.69) is 4.90 Å². The highest BCUT2D eigenvalue weighted by atomic mass is 16.5. The average Bonchev–Trinajstić information content (AvgIpc) is 2.68. The van der Waals surface area contributed by atoms with Gasteiger partial charge in [-0.05, 0) is 6.07 Å². The minimum atomic E-state index is -1.45. The van der Waals surface area contributed by atoms with Crippen molar-refractivity contribution in [3.63, 3.8) is 0 Å². The summed E-state index contributed by atoms with van der Waals surface area (Å²) in [6, 6.07) is 1.67. The van der Waals surface area contributed by atoms with Gasteiger partial charge in [-0.1, -0.05) is 0 Å². The van der Waals surface area contributed by atoms with Crippen LogP contribution in [0, 0.1) is 0 Å². The summed E-state index contributed by atoms with van der Waals surface area (Å²) in [5.41, 5.74) is 0.401. The Balaban J connectivity index is 1.91. The fourth-order valence-corrected chi connectivity index (χ4v) is 1.60.